The summed E-state index contributed by atoms with van der Waals surface area (Å²) >= 11 is 1.60. The van der Waals surface area contributed by atoms with Crippen LogP contribution in [0.25, 0.3) is 6.08 Å². The van der Waals surface area contributed by atoms with Crippen molar-refractivity contribution in [3.8, 4) is 0 Å². The molecule has 14 heavy (non-hydrogen) atoms. The minimum absolute atomic E-state index is 0.312. The van der Waals surface area contributed by atoms with Gasteiger partial charge in [-0.1, -0.05) is 0 Å². The molecule has 1 heterocycles. The lowest BCUT2D eigenvalue weighted by Crippen LogP contribution is -2.18. The third kappa shape index (κ3) is 4.20. The molecule has 0 unspecified atom stereocenters. The summed E-state index contributed by atoms with van der Waals surface area (Å²) in [6.07, 6.45) is 3.18. The monoisotopic (exact) mass is 211 g/mol. The fourth-order valence-corrected chi connectivity index (χ4v) is 1.40. The van der Waals surface area contributed by atoms with Gasteiger partial charge in [-0.2, -0.15) is 11.3 Å². The number of rotatable bonds is 4. The quantitative estimate of drug-likeness (QED) is 0.432. The van der Waals surface area contributed by atoms with Crippen molar-refractivity contribution in [3.63, 3.8) is 0 Å². The highest BCUT2D eigenvalue weighted by Crippen LogP contribution is 2.07. The Labute approximate surface area is 87.6 Å². The number of nitrogens with zero attached hydrogens (tertiary/aromatic N) is 1. The van der Waals surface area contributed by atoms with E-state index in [1.807, 2.05) is 30.9 Å². The predicted molar refractivity (Wildman–Crippen MR) is 58.0 cm³/mol. The highest BCUT2D eigenvalue weighted by molar-refractivity contribution is 7.08. The maximum atomic E-state index is 11.1. The highest BCUT2D eigenvalue weighted by Gasteiger charge is 1.97. The Hall–Kier alpha value is -1.13. The Morgan fingerprint density at radius 1 is 1.64 bits per heavy atom. The second-order valence-electron chi connectivity index (χ2n) is 3.06. The second-order valence-corrected chi connectivity index (χ2v) is 3.84. The molecule has 0 saturated heterocycles. The molecule has 3 nitrogen and oxygen atoms in total. The Balaban J connectivity index is 2.34. The average molecular weight is 211 g/mol. The molecule has 0 atom stereocenters. The van der Waals surface area contributed by atoms with E-state index >= 15 is 0 Å². The fourth-order valence-electron chi connectivity index (χ4n) is 0.775. The topological polar surface area (TPSA) is 29.5 Å². The van der Waals surface area contributed by atoms with Crippen LogP contribution >= 0.6 is 11.3 Å². The summed E-state index contributed by atoms with van der Waals surface area (Å²) in [6.45, 7) is 0.312. The molecule has 0 aliphatic carbocycles. The molecule has 0 aliphatic heterocycles. The molecule has 0 N–H and O–H groups in total. The van der Waals surface area contributed by atoms with E-state index in [1.165, 1.54) is 6.08 Å². The van der Waals surface area contributed by atoms with E-state index in [2.05, 4.69) is 0 Å². The molecule has 0 aromatic carbocycles. The lowest BCUT2D eigenvalue weighted by Gasteiger charge is -2.07. The summed E-state index contributed by atoms with van der Waals surface area (Å²) in [4.78, 5) is 12.9. The average Bonchev–Trinajstić information content (AvgIpc) is 2.63. The van der Waals surface area contributed by atoms with Gasteiger partial charge in [0.15, 0.2) is 0 Å². The van der Waals surface area contributed by atoms with Crippen molar-refractivity contribution < 1.29 is 9.53 Å². The Bertz CT molecular complexity index is 304. The molecule has 0 saturated carbocycles. The summed E-state index contributed by atoms with van der Waals surface area (Å²) in [7, 11) is 3.69. The molecule has 0 aliphatic rings. The van der Waals surface area contributed by atoms with E-state index in [0.717, 1.165) is 5.56 Å². The van der Waals surface area contributed by atoms with Crippen molar-refractivity contribution in [3.05, 3.63) is 28.5 Å². The third-order valence-corrected chi connectivity index (χ3v) is 2.12. The number of carbonyl (C=O) groups excluding carboxylic acids is 1. The highest BCUT2D eigenvalue weighted by atomic mass is 32.1. The normalized spacial score (nSPS) is 11.1. The lowest BCUT2D eigenvalue weighted by atomic mass is 10.3. The van der Waals surface area contributed by atoms with Gasteiger partial charge in [-0.15, -0.1) is 0 Å². The number of hydrogen-bond acceptors (Lipinski definition) is 4. The number of thiophene rings is 1. The fraction of sp³-hybridized carbons (Fsp3) is 0.300. The smallest absolute Gasteiger partial charge is 0.332 e. The van der Waals surface area contributed by atoms with Crippen LogP contribution in [-0.4, -0.2) is 31.7 Å². The van der Waals surface area contributed by atoms with Crippen LogP contribution < -0.4 is 0 Å². The van der Waals surface area contributed by atoms with Crippen LogP contribution in [0.15, 0.2) is 22.9 Å². The first-order valence-corrected chi connectivity index (χ1v) is 5.14. The lowest BCUT2D eigenvalue weighted by molar-refractivity contribution is -0.141. The molecule has 0 radical (unpaired) electrons. The van der Waals surface area contributed by atoms with Crippen LogP contribution in [0.3, 0.4) is 0 Å². The van der Waals surface area contributed by atoms with Gasteiger partial charge >= 0.3 is 5.97 Å². The molecule has 76 valence electrons. The van der Waals surface area contributed by atoms with Gasteiger partial charge < -0.3 is 4.74 Å². The largest absolute Gasteiger partial charge is 0.446 e. The first-order valence-electron chi connectivity index (χ1n) is 4.20. The zero-order chi connectivity index (χ0) is 10.4. The second kappa shape index (κ2) is 5.57. The van der Waals surface area contributed by atoms with Crippen LogP contribution in [-0.2, 0) is 9.53 Å². The first kappa shape index (κ1) is 10.9. The van der Waals surface area contributed by atoms with Crippen molar-refractivity contribution in [1.29, 1.82) is 0 Å². The van der Waals surface area contributed by atoms with Crippen molar-refractivity contribution >= 4 is 23.4 Å². The summed E-state index contributed by atoms with van der Waals surface area (Å²) < 4.78 is 4.91. The van der Waals surface area contributed by atoms with E-state index in [9.17, 15) is 4.79 Å². The van der Waals surface area contributed by atoms with Crippen LogP contribution in [0.1, 0.15) is 5.56 Å². The SMILES string of the molecule is CN(C)COC(=O)/C=C\c1ccsc1. The molecular formula is C10H13NO2S. The van der Waals surface area contributed by atoms with Gasteiger partial charge in [0.05, 0.1) is 0 Å². The standard InChI is InChI=1S/C10H13NO2S/c1-11(2)8-13-10(12)4-3-9-5-6-14-7-9/h3-7H,8H2,1-2H3/b4-3-. The molecular weight excluding hydrogens is 198 g/mol. The Morgan fingerprint density at radius 3 is 3.00 bits per heavy atom. The van der Waals surface area contributed by atoms with E-state index < -0.39 is 0 Å². The van der Waals surface area contributed by atoms with Crippen molar-refractivity contribution in [2.45, 2.75) is 0 Å². The van der Waals surface area contributed by atoms with Crippen LogP contribution in [0.4, 0.5) is 0 Å². The third-order valence-electron chi connectivity index (χ3n) is 1.42. The number of esters is 1. The van der Waals surface area contributed by atoms with Gasteiger partial charge in [0, 0.05) is 6.08 Å². The van der Waals surface area contributed by atoms with Gasteiger partial charge in [0.1, 0.15) is 6.73 Å². The zero-order valence-electron chi connectivity index (χ0n) is 8.27. The van der Waals surface area contributed by atoms with Crippen molar-refractivity contribution in [1.82, 2.24) is 4.90 Å². The van der Waals surface area contributed by atoms with Gasteiger partial charge in [-0.3, -0.25) is 4.90 Å². The molecule has 0 amide bonds. The van der Waals surface area contributed by atoms with Gasteiger partial charge in [0.2, 0.25) is 0 Å². The molecule has 0 spiro atoms. The summed E-state index contributed by atoms with van der Waals surface area (Å²) in [5.41, 5.74) is 1.02. The summed E-state index contributed by atoms with van der Waals surface area (Å²) in [6, 6.07) is 1.94. The number of ether oxygens (including phenoxy) is 1. The minimum Gasteiger partial charge on any atom is -0.446 e. The number of hydrogen-bond donors (Lipinski definition) is 0. The minimum atomic E-state index is -0.315. The van der Waals surface area contributed by atoms with Crippen molar-refractivity contribution in [2.75, 3.05) is 20.8 Å². The van der Waals surface area contributed by atoms with E-state index in [0.29, 0.717) is 6.73 Å². The maximum absolute atomic E-state index is 11.1. The summed E-state index contributed by atoms with van der Waals surface area (Å²) in [5.74, 6) is -0.315. The van der Waals surface area contributed by atoms with Gasteiger partial charge in [-0.25, -0.2) is 4.79 Å². The van der Waals surface area contributed by atoms with Crippen molar-refractivity contribution in [2.24, 2.45) is 0 Å². The molecule has 1 aromatic rings. The summed E-state index contributed by atoms with van der Waals surface area (Å²) in [5, 5.41) is 3.93. The molecule has 0 bridgehead atoms. The predicted octanol–water partition coefficient (Wildman–Crippen LogP) is 1.82. The van der Waals surface area contributed by atoms with E-state index in [1.54, 1.807) is 22.3 Å². The Morgan fingerprint density at radius 2 is 2.43 bits per heavy atom. The number of carbonyl (C=O) groups is 1. The van der Waals surface area contributed by atoms with Crippen LogP contribution in [0, 0.1) is 0 Å². The van der Waals surface area contributed by atoms with Crippen LogP contribution in [0.2, 0.25) is 0 Å². The molecule has 0 fully saturated rings. The van der Waals surface area contributed by atoms with E-state index in [-0.39, 0.29) is 5.97 Å². The van der Waals surface area contributed by atoms with E-state index in [4.69, 9.17) is 4.74 Å². The molecule has 4 heteroatoms. The van der Waals surface area contributed by atoms with Gasteiger partial charge in [0.25, 0.3) is 0 Å². The van der Waals surface area contributed by atoms with Gasteiger partial charge in [-0.05, 0) is 42.6 Å². The maximum Gasteiger partial charge on any atom is 0.332 e. The first-order chi connectivity index (χ1) is 6.68. The molecule has 1 rings (SSSR count). The van der Waals surface area contributed by atoms with Crippen LogP contribution in [0.5, 0.6) is 0 Å². The zero-order valence-corrected chi connectivity index (χ0v) is 9.08. The Kier molecular flexibility index (Phi) is 4.35. The molecule has 1 aromatic heterocycles.